The van der Waals surface area contributed by atoms with Gasteiger partial charge in [-0.3, -0.25) is 0 Å². The second-order valence-electron chi connectivity index (χ2n) is 4.48. The maximum Gasteiger partial charge on any atom is 0.0883 e. The van der Waals surface area contributed by atoms with Crippen molar-refractivity contribution in [3.05, 3.63) is 0 Å². The van der Waals surface area contributed by atoms with Crippen LogP contribution in [0.4, 0.5) is 0 Å². The van der Waals surface area contributed by atoms with Crippen molar-refractivity contribution >= 4 is 0 Å². The summed E-state index contributed by atoms with van der Waals surface area (Å²) < 4.78 is 5.31. The van der Waals surface area contributed by atoms with E-state index in [0.717, 1.165) is 25.9 Å². The van der Waals surface area contributed by atoms with Crippen LogP contribution in [0.2, 0.25) is 0 Å². The molecule has 0 aromatic heterocycles. The molecule has 2 atom stereocenters. The Hall–Kier alpha value is -0.0800. The molecule has 0 aromatic rings. The Balaban J connectivity index is 2.31. The molecule has 1 heterocycles. The largest absolute Gasteiger partial charge is 0.387 e. The molecule has 0 amide bonds. The summed E-state index contributed by atoms with van der Waals surface area (Å²) in [6.45, 7) is 5.78. The Bertz CT molecular complexity index is 139. The number of hydrogen-bond donors (Lipinski definition) is 1. The highest BCUT2D eigenvalue weighted by Crippen LogP contribution is 2.27. The van der Waals surface area contributed by atoms with E-state index in [1.54, 1.807) is 0 Å². The molecule has 1 aliphatic heterocycles. The minimum absolute atomic E-state index is 0.521. The minimum atomic E-state index is -0.521. The highest BCUT2D eigenvalue weighted by atomic mass is 16.5. The Kier molecular flexibility index (Phi) is 4.20. The van der Waals surface area contributed by atoms with Gasteiger partial charge in [0.05, 0.1) is 12.2 Å². The Morgan fingerprint density at radius 2 is 2.31 bits per heavy atom. The summed E-state index contributed by atoms with van der Waals surface area (Å²) in [4.78, 5) is 0. The van der Waals surface area contributed by atoms with Crippen LogP contribution in [0.15, 0.2) is 0 Å². The molecule has 0 spiro atoms. The quantitative estimate of drug-likeness (QED) is 0.730. The SMILES string of the molecule is CCCC(C)CC1(O)CCCOC1. The zero-order chi connectivity index (χ0) is 9.73. The van der Waals surface area contributed by atoms with E-state index >= 15 is 0 Å². The van der Waals surface area contributed by atoms with Crippen LogP contribution in [0.1, 0.15) is 46.0 Å². The van der Waals surface area contributed by atoms with Crippen molar-refractivity contribution in [1.82, 2.24) is 0 Å². The highest BCUT2D eigenvalue weighted by Gasteiger charge is 2.31. The molecule has 0 aromatic carbocycles. The Morgan fingerprint density at radius 1 is 1.54 bits per heavy atom. The standard InChI is InChI=1S/C11H22O2/c1-3-5-10(2)8-11(12)6-4-7-13-9-11/h10,12H,3-9H2,1-2H3. The normalized spacial score (nSPS) is 31.6. The van der Waals surface area contributed by atoms with Gasteiger partial charge in [0.15, 0.2) is 0 Å². The fourth-order valence-corrected chi connectivity index (χ4v) is 2.24. The molecule has 2 unspecified atom stereocenters. The summed E-state index contributed by atoms with van der Waals surface area (Å²) in [5.74, 6) is 0.622. The van der Waals surface area contributed by atoms with Crippen molar-refractivity contribution in [3.8, 4) is 0 Å². The van der Waals surface area contributed by atoms with Crippen LogP contribution in [0, 0.1) is 5.92 Å². The molecule has 78 valence electrons. The van der Waals surface area contributed by atoms with Gasteiger partial charge in [-0.25, -0.2) is 0 Å². The van der Waals surface area contributed by atoms with Gasteiger partial charge < -0.3 is 9.84 Å². The first kappa shape index (κ1) is 11.0. The lowest BCUT2D eigenvalue weighted by atomic mass is 9.85. The second-order valence-corrected chi connectivity index (χ2v) is 4.48. The lowest BCUT2D eigenvalue weighted by molar-refractivity contribution is -0.0968. The third-order valence-electron chi connectivity index (χ3n) is 2.81. The van der Waals surface area contributed by atoms with E-state index in [2.05, 4.69) is 13.8 Å². The smallest absolute Gasteiger partial charge is 0.0883 e. The van der Waals surface area contributed by atoms with E-state index in [1.165, 1.54) is 12.8 Å². The molecule has 1 fully saturated rings. The van der Waals surface area contributed by atoms with Crippen LogP contribution in [0.5, 0.6) is 0 Å². The first-order valence-corrected chi connectivity index (χ1v) is 5.46. The minimum Gasteiger partial charge on any atom is -0.387 e. The lowest BCUT2D eigenvalue weighted by Gasteiger charge is -2.34. The fourth-order valence-electron chi connectivity index (χ4n) is 2.24. The van der Waals surface area contributed by atoms with Gasteiger partial charge in [0.25, 0.3) is 0 Å². The van der Waals surface area contributed by atoms with Gasteiger partial charge >= 0.3 is 0 Å². The van der Waals surface area contributed by atoms with Gasteiger partial charge in [-0.05, 0) is 25.2 Å². The van der Waals surface area contributed by atoms with E-state index < -0.39 is 5.60 Å². The third kappa shape index (κ3) is 3.65. The van der Waals surface area contributed by atoms with Gasteiger partial charge in [0.1, 0.15) is 0 Å². The predicted molar refractivity (Wildman–Crippen MR) is 53.7 cm³/mol. The summed E-state index contributed by atoms with van der Waals surface area (Å²) in [7, 11) is 0. The molecular formula is C11H22O2. The van der Waals surface area contributed by atoms with E-state index in [4.69, 9.17) is 4.74 Å². The molecule has 1 rings (SSSR count). The van der Waals surface area contributed by atoms with Crippen LogP contribution >= 0.6 is 0 Å². The average Bonchev–Trinajstić information content (AvgIpc) is 2.04. The fraction of sp³-hybridized carbons (Fsp3) is 1.00. The van der Waals surface area contributed by atoms with Gasteiger partial charge in [-0.2, -0.15) is 0 Å². The van der Waals surface area contributed by atoms with Crippen molar-refractivity contribution in [3.63, 3.8) is 0 Å². The van der Waals surface area contributed by atoms with Gasteiger partial charge in [-0.15, -0.1) is 0 Å². The first-order chi connectivity index (χ1) is 6.16. The number of hydrogen-bond acceptors (Lipinski definition) is 2. The molecule has 1 saturated heterocycles. The number of ether oxygens (including phenoxy) is 1. The molecule has 2 heteroatoms. The predicted octanol–water partition coefficient (Wildman–Crippen LogP) is 2.35. The van der Waals surface area contributed by atoms with Crippen molar-refractivity contribution in [2.45, 2.75) is 51.6 Å². The maximum atomic E-state index is 10.1. The number of aliphatic hydroxyl groups is 1. The first-order valence-electron chi connectivity index (χ1n) is 5.46. The summed E-state index contributed by atoms with van der Waals surface area (Å²) in [5, 5.41) is 10.1. The van der Waals surface area contributed by atoms with Crippen LogP contribution in [0.25, 0.3) is 0 Å². The molecule has 1 N–H and O–H groups in total. The van der Waals surface area contributed by atoms with Crippen molar-refractivity contribution in [1.29, 1.82) is 0 Å². The zero-order valence-corrected chi connectivity index (χ0v) is 8.88. The van der Waals surface area contributed by atoms with Crippen LogP contribution in [-0.4, -0.2) is 23.9 Å². The van der Waals surface area contributed by atoms with E-state index in [1.807, 2.05) is 0 Å². The van der Waals surface area contributed by atoms with E-state index in [9.17, 15) is 5.11 Å². The van der Waals surface area contributed by atoms with Gasteiger partial charge in [0.2, 0.25) is 0 Å². The van der Waals surface area contributed by atoms with Crippen LogP contribution < -0.4 is 0 Å². The van der Waals surface area contributed by atoms with Gasteiger partial charge in [-0.1, -0.05) is 26.7 Å². The van der Waals surface area contributed by atoms with Crippen molar-refractivity contribution in [2.24, 2.45) is 5.92 Å². The summed E-state index contributed by atoms with van der Waals surface area (Å²) in [6.07, 6.45) is 5.25. The molecule has 13 heavy (non-hydrogen) atoms. The molecule has 0 bridgehead atoms. The summed E-state index contributed by atoms with van der Waals surface area (Å²) >= 11 is 0. The molecule has 0 radical (unpaired) electrons. The maximum absolute atomic E-state index is 10.1. The van der Waals surface area contributed by atoms with E-state index in [-0.39, 0.29) is 0 Å². The van der Waals surface area contributed by atoms with Gasteiger partial charge in [0, 0.05) is 6.61 Å². The van der Waals surface area contributed by atoms with Crippen molar-refractivity contribution < 1.29 is 9.84 Å². The van der Waals surface area contributed by atoms with Crippen molar-refractivity contribution in [2.75, 3.05) is 13.2 Å². The summed E-state index contributed by atoms with van der Waals surface area (Å²) in [6, 6.07) is 0. The average molecular weight is 186 g/mol. The molecule has 0 saturated carbocycles. The Labute approximate surface area is 81.3 Å². The topological polar surface area (TPSA) is 29.5 Å². The zero-order valence-electron chi connectivity index (χ0n) is 8.88. The lowest BCUT2D eigenvalue weighted by Crippen LogP contribution is -2.39. The third-order valence-corrected chi connectivity index (χ3v) is 2.81. The molecule has 0 aliphatic carbocycles. The van der Waals surface area contributed by atoms with Crippen LogP contribution in [0.3, 0.4) is 0 Å². The Morgan fingerprint density at radius 3 is 2.85 bits per heavy atom. The highest BCUT2D eigenvalue weighted by molar-refractivity contribution is 4.82. The summed E-state index contributed by atoms with van der Waals surface area (Å²) in [5.41, 5.74) is -0.521. The molecule has 1 aliphatic rings. The number of rotatable bonds is 4. The monoisotopic (exact) mass is 186 g/mol. The second kappa shape index (κ2) is 4.97. The molecule has 2 nitrogen and oxygen atoms in total. The van der Waals surface area contributed by atoms with E-state index in [0.29, 0.717) is 12.5 Å². The van der Waals surface area contributed by atoms with Crippen LogP contribution in [-0.2, 0) is 4.74 Å². The molecular weight excluding hydrogens is 164 g/mol.